The Morgan fingerprint density at radius 2 is 2.14 bits per heavy atom. The van der Waals surface area contributed by atoms with Crippen LogP contribution in [0.3, 0.4) is 0 Å². The Balaban J connectivity index is 3.43. The highest BCUT2D eigenvalue weighted by atomic mass is 32.2. The second-order valence-electron chi connectivity index (χ2n) is 2.57. The van der Waals surface area contributed by atoms with Gasteiger partial charge in [-0.05, 0) is 6.92 Å². The molecule has 1 atom stereocenters. The van der Waals surface area contributed by atoms with E-state index in [-0.39, 0.29) is 23.9 Å². The Morgan fingerprint density at radius 3 is 2.64 bits per heavy atom. The summed E-state index contributed by atoms with van der Waals surface area (Å²) in [7, 11) is 0. The van der Waals surface area contributed by atoms with Gasteiger partial charge in [-0.3, -0.25) is 9.59 Å². The fourth-order valence-electron chi connectivity index (χ4n) is 0.741. The summed E-state index contributed by atoms with van der Waals surface area (Å²) >= 11 is 1.16. The van der Waals surface area contributed by atoms with Gasteiger partial charge in [-0.2, -0.15) is 0 Å². The summed E-state index contributed by atoms with van der Waals surface area (Å²) in [6.07, 6.45) is -1.21. The average Bonchev–Trinajstić information content (AvgIpc) is 2.02. The van der Waals surface area contributed by atoms with Gasteiger partial charge in [-0.25, -0.2) is 0 Å². The lowest BCUT2D eigenvalue weighted by molar-refractivity contribution is -0.140. The van der Waals surface area contributed by atoms with Gasteiger partial charge in [0.05, 0.1) is 24.9 Å². The summed E-state index contributed by atoms with van der Waals surface area (Å²) in [6, 6.07) is 0. The predicted molar refractivity (Wildman–Crippen MR) is 52.2 cm³/mol. The third kappa shape index (κ3) is 7.88. The molecule has 0 heterocycles. The molecule has 0 aromatic heterocycles. The number of carboxylic acids is 1. The van der Waals surface area contributed by atoms with Crippen molar-refractivity contribution in [3.05, 3.63) is 0 Å². The van der Waals surface area contributed by atoms with Crippen LogP contribution in [-0.4, -0.2) is 46.4 Å². The highest BCUT2D eigenvalue weighted by Gasteiger charge is 2.10. The highest BCUT2D eigenvalue weighted by Crippen LogP contribution is 2.06. The van der Waals surface area contributed by atoms with E-state index >= 15 is 0 Å². The maximum absolute atomic E-state index is 10.8. The smallest absolute Gasteiger partial charge is 0.315 e. The molecule has 0 aliphatic carbocycles. The Morgan fingerprint density at radius 1 is 1.50 bits per heavy atom. The van der Waals surface area contributed by atoms with Crippen LogP contribution >= 0.6 is 11.8 Å². The van der Waals surface area contributed by atoms with Crippen molar-refractivity contribution in [2.45, 2.75) is 19.4 Å². The Labute approximate surface area is 86.4 Å². The van der Waals surface area contributed by atoms with E-state index in [1.807, 2.05) is 0 Å². The van der Waals surface area contributed by atoms with Crippen molar-refractivity contribution >= 4 is 23.7 Å². The van der Waals surface area contributed by atoms with Crippen LogP contribution in [0.15, 0.2) is 0 Å². The molecule has 0 saturated heterocycles. The van der Waals surface area contributed by atoms with Gasteiger partial charge >= 0.3 is 11.9 Å². The molecule has 0 rings (SSSR count). The maximum atomic E-state index is 10.8. The van der Waals surface area contributed by atoms with Gasteiger partial charge in [0, 0.05) is 5.75 Å². The lowest BCUT2D eigenvalue weighted by Crippen LogP contribution is -2.17. The van der Waals surface area contributed by atoms with Crippen LogP contribution in [0, 0.1) is 0 Å². The van der Waals surface area contributed by atoms with Crippen molar-refractivity contribution in [2.24, 2.45) is 0 Å². The summed E-state index contributed by atoms with van der Waals surface area (Å²) in [6.45, 7) is 2.04. The molecule has 0 saturated carbocycles. The molecule has 0 amide bonds. The number of rotatable bonds is 7. The molecule has 0 aliphatic heterocycles. The monoisotopic (exact) mass is 222 g/mol. The van der Waals surface area contributed by atoms with Gasteiger partial charge in [0.25, 0.3) is 0 Å². The third-order valence-electron chi connectivity index (χ3n) is 1.25. The first-order chi connectivity index (χ1) is 6.56. The number of carbonyl (C=O) groups is 2. The topological polar surface area (TPSA) is 83.8 Å². The largest absolute Gasteiger partial charge is 0.481 e. The first-order valence-corrected chi connectivity index (χ1v) is 5.35. The molecule has 0 radical (unpaired) electrons. The van der Waals surface area contributed by atoms with Crippen molar-refractivity contribution in [3.63, 3.8) is 0 Å². The molecule has 0 fully saturated rings. The molecule has 0 bridgehead atoms. The normalized spacial score (nSPS) is 12.1. The molecule has 82 valence electrons. The van der Waals surface area contributed by atoms with Gasteiger partial charge in [0.15, 0.2) is 0 Å². The number of hydrogen-bond acceptors (Lipinski definition) is 5. The van der Waals surface area contributed by atoms with E-state index in [0.717, 1.165) is 11.8 Å². The van der Waals surface area contributed by atoms with Crippen LogP contribution in [0.2, 0.25) is 0 Å². The zero-order valence-corrected chi connectivity index (χ0v) is 8.75. The standard InChI is InChI=1S/C8H14O5S/c1-2-13-8(12)5-14-4-6(9)3-7(10)11/h6,9H,2-5H2,1H3,(H,10,11). The number of thioether (sulfide) groups is 1. The van der Waals surface area contributed by atoms with Gasteiger partial charge in [0.2, 0.25) is 0 Å². The number of aliphatic hydroxyl groups is 1. The Kier molecular flexibility index (Phi) is 7.23. The quantitative estimate of drug-likeness (QED) is 0.595. The van der Waals surface area contributed by atoms with E-state index in [9.17, 15) is 9.59 Å². The lowest BCUT2D eigenvalue weighted by atomic mass is 10.3. The van der Waals surface area contributed by atoms with Crippen LogP contribution in [0.1, 0.15) is 13.3 Å². The predicted octanol–water partition coefficient (Wildman–Crippen LogP) is 0.118. The summed E-state index contributed by atoms with van der Waals surface area (Å²) in [5.41, 5.74) is 0. The first-order valence-electron chi connectivity index (χ1n) is 4.19. The zero-order chi connectivity index (χ0) is 11.0. The number of carbonyl (C=O) groups excluding carboxylic acids is 1. The number of ether oxygens (including phenoxy) is 1. The Bertz CT molecular complexity index is 194. The van der Waals surface area contributed by atoms with E-state index in [1.54, 1.807) is 6.92 Å². The molecule has 0 aliphatic rings. The SMILES string of the molecule is CCOC(=O)CSCC(O)CC(=O)O. The molecule has 1 unspecified atom stereocenters. The van der Waals surface area contributed by atoms with E-state index in [4.69, 9.17) is 10.2 Å². The van der Waals surface area contributed by atoms with Gasteiger partial charge < -0.3 is 14.9 Å². The van der Waals surface area contributed by atoms with Crippen molar-refractivity contribution in [2.75, 3.05) is 18.1 Å². The van der Waals surface area contributed by atoms with Crippen LogP contribution in [0.5, 0.6) is 0 Å². The minimum Gasteiger partial charge on any atom is -0.481 e. The van der Waals surface area contributed by atoms with Crippen LogP contribution < -0.4 is 0 Å². The highest BCUT2D eigenvalue weighted by molar-refractivity contribution is 7.99. The molecule has 2 N–H and O–H groups in total. The summed E-state index contributed by atoms with van der Waals surface area (Å²) in [4.78, 5) is 21.0. The number of esters is 1. The fourth-order valence-corrected chi connectivity index (χ4v) is 1.50. The minimum atomic E-state index is -1.05. The molecule has 14 heavy (non-hydrogen) atoms. The van der Waals surface area contributed by atoms with Crippen LogP contribution in [0.4, 0.5) is 0 Å². The van der Waals surface area contributed by atoms with Crippen LogP contribution in [0.25, 0.3) is 0 Å². The minimum absolute atomic E-state index is 0.143. The van der Waals surface area contributed by atoms with Gasteiger partial charge in [0.1, 0.15) is 0 Å². The number of aliphatic carboxylic acids is 1. The van der Waals surface area contributed by atoms with Crippen molar-refractivity contribution in [1.82, 2.24) is 0 Å². The van der Waals surface area contributed by atoms with Crippen molar-refractivity contribution < 1.29 is 24.5 Å². The van der Waals surface area contributed by atoms with Crippen molar-refractivity contribution in [1.29, 1.82) is 0 Å². The maximum Gasteiger partial charge on any atom is 0.315 e. The summed E-state index contributed by atoms with van der Waals surface area (Å²) in [5.74, 6) is -1.02. The molecular formula is C8H14O5S. The molecule has 0 spiro atoms. The number of carboxylic acid groups (broad SMARTS) is 1. The second-order valence-corrected chi connectivity index (χ2v) is 3.60. The second kappa shape index (κ2) is 7.64. The fraction of sp³-hybridized carbons (Fsp3) is 0.750. The number of hydrogen-bond donors (Lipinski definition) is 2. The first kappa shape index (κ1) is 13.2. The van der Waals surface area contributed by atoms with E-state index in [0.29, 0.717) is 6.61 Å². The Hall–Kier alpha value is -0.750. The molecule has 0 aromatic carbocycles. The lowest BCUT2D eigenvalue weighted by Gasteiger charge is -2.06. The van der Waals surface area contributed by atoms with Gasteiger partial charge in [-0.1, -0.05) is 0 Å². The zero-order valence-electron chi connectivity index (χ0n) is 7.93. The van der Waals surface area contributed by atoms with E-state index < -0.39 is 12.1 Å². The molecule has 0 aromatic rings. The summed E-state index contributed by atoms with van der Waals surface area (Å²) < 4.78 is 4.65. The van der Waals surface area contributed by atoms with E-state index in [1.165, 1.54) is 0 Å². The van der Waals surface area contributed by atoms with E-state index in [2.05, 4.69) is 4.74 Å². The number of aliphatic hydroxyl groups excluding tert-OH is 1. The third-order valence-corrected chi connectivity index (χ3v) is 2.31. The van der Waals surface area contributed by atoms with Crippen molar-refractivity contribution in [3.8, 4) is 0 Å². The average molecular weight is 222 g/mol. The molecule has 5 nitrogen and oxygen atoms in total. The molecule has 6 heteroatoms. The summed E-state index contributed by atoms with van der Waals surface area (Å²) in [5, 5.41) is 17.4. The molecular weight excluding hydrogens is 208 g/mol. The van der Waals surface area contributed by atoms with Gasteiger partial charge in [-0.15, -0.1) is 11.8 Å². The van der Waals surface area contributed by atoms with Crippen LogP contribution in [-0.2, 0) is 14.3 Å².